The molecule has 10 rings (SSSR count). The SMILES string of the molecule is C1=CC2C(c3cc4c(cc3N2c2ccccc2)c2ccccc2n4-c2ccccn2)c2c1c1ccccc1n2-c1ccccc1. The van der Waals surface area contributed by atoms with Crippen LogP contribution in [0.25, 0.3) is 50.3 Å². The topological polar surface area (TPSA) is 26.0 Å². The van der Waals surface area contributed by atoms with E-state index < -0.39 is 0 Å². The van der Waals surface area contributed by atoms with Crippen LogP contribution in [-0.4, -0.2) is 20.2 Å². The van der Waals surface area contributed by atoms with Crippen LogP contribution in [0, 0.1) is 0 Å². The Morgan fingerprint density at radius 2 is 1.20 bits per heavy atom. The van der Waals surface area contributed by atoms with Crippen molar-refractivity contribution >= 4 is 50.2 Å². The van der Waals surface area contributed by atoms with Gasteiger partial charge in [-0.25, -0.2) is 4.98 Å². The fraction of sp³-hybridized carbons (Fsp3) is 0.0488. The third kappa shape index (κ3) is 3.39. The molecule has 4 heteroatoms. The van der Waals surface area contributed by atoms with Gasteiger partial charge in [0.2, 0.25) is 0 Å². The lowest BCUT2D eigenvalue weighted by molar-refractivity contribution is 0.693. The summed E-state index contributed by atoms with van der Waals surface area (Å²) in [6.07, 6.45) is 6.67. The molecule has 45 heavy (non-hydrogen) atoms. The van der Waals surface area contributed by atoms with Crippen LogP contribution in [0.5, 0.6) is 0 Å². The molecule has 8 aromatic rings. The number of pyridine rings is 1. The Balaban J connectivity index is 1.33. The lowest BCUT2D eigenvalue weighted by Gasteiger charge is -2.31. The zero-order valence-electron chi connectivity index (χ0n) is 24.5. The Bertz CT molecular complexity index is 2440. The van der Waals surface area contributed by atoms with Crippen molar-refractivity contribution in [3.05, 3.63) is 169 Å². The summed E-state index contributed by atoms with van der Waals surface area (Å²) in [7, 11) is 0. The summed E-state index contributed by atoms with van der Waals surface area (Å²) in [6.45, 7) is 0. The number of anilines is 2. The first-order valence-corrected chi connectivity index (χ1v) is 15.6. The Morgan fingerprint density at radius 3 is 1.96 bits per heavy atom. The van der Waals surface area contributed by atoms with Crippen LogP contribution >= 0.6 is 0 Å². The zero-order chi connectivity index (χ0) is 29.5. The van der Waals surface area contributed by atoms with Crippen LogP contribution < -0.4 is 4.90 Å². The molecule has 3 aromatic heterocycles. The van der Waals surface area contributed by atoms with Gasteiger partial charge in [-0.2, -0.15) is 0 Å². The average molecular weight is 577 g/mol. The number of fused-ring (bicyclic) bond motifs is 10. The Hall–Kier alpha value is -5.87. The summed E-state index contributed by atoms with van der Waals surface area (Å²) in [5, 5.41) is 3.76. The largest absolute Gasteiger partial charge is 0.333 e. The maximum absolute atomic E-state index is 4.81. The summed E-state index contributed by atoms with van der Waals surface area (Å²) in [5.41, 5.74) is 11.2. The highest BCUT2D eigenvalue weighted by Gasteiger charge is 2.44. The molecule has 0 bridgehead atoms. The first-order chi connectivity index (χ1) is 22.4. The van der Waals surface area contributed by atoms with Crippen LogP contribution in [0.2, 0.25) is 0 Å². The van der Waals surface area contributed by atoms with Gasteiger partial charge in [0, 0.05) is 50.7 Å². The lowest BCUT2D eigenvalue weighted by Crippen LogP contribution is -2.31. The molecule has 5 aromatic carbocycles. The van der Waals surface area contributed by atoms with Crippen molar-refractivity contribution in [3.63, 3.8) is 0 Å². The molecule has 0 spiro atoms. The minimum atomic E-state index is 0.118. The standard InChI is InChI=1S/C41H28N4/c1-3-13-27(14-4-1)43-36-23-22-31-29-17-7-9-19-34(29)44(28-15-5-2-6-16-28)41(31)40(36)33-26-37-32(25-38(33)43)30-18-8-10-20-35(30)45(37)39-21-11-12-24-42-39/h1-26,36,40H. The normalized spacial score (nSPS) is 16.8. The van der Waals surface area contributed by atoms with E-state index in [1.165, 1.54) is 66.6 Å². The highest BCUT2D eigenvalue weighted by Crippen LogP contribution is 2.55. The van der Waals surface area contributed by atoms with Gasteiger partial charge >= 0.3 is 0 Å². The van der Waals surface area contributed by atoms with E-state index >= 15 is 0 Å². The number of aromatic nitrogens is 3. The van der Waals surface area contributed by atoms with Crippen LogP contribution in [0.3, 0.4) is 0 Å². The number of benzene rings is 5. The van der Waals surface area contributed by atoms with E-state index in [0.717, 1.165) is 5.82 Å². The van der Waals surface area contributed by atoms with E-state index in [4.69, 9.17) is 4.98 Å². The quantitative estimate of drug-likeness (QED) is 0.209. The van der Waals surface area contributed by atoms with E-state index in [1.807, 2.05) is 12.3 Å². The van der Waals surface area contributed by atoms with Crippen molar-refractivity contribution in [2.75, 3.05) is 4.90 Å². The molecule has 0 N–H and O–H groups in total. The highest BCUT2D eigenvalue weighted by molar-refractivity contribution is 6.11. The predicted octanol–water partition coefficient (Wildman–Crippen LogP) is 9.80. The average Bonchev–Trinajstić information content (AvgIpc) is 3.73. The molecular formula is C41H28N4. The molecule has 0 fully saturated rings. The molecule has 0 amide bonds. The van der Waals surface area contributed by atoms with Gasteiger partial charge < -0.3 is 9.47 Å². The highest BCUT2D eigenvalue weighted by atomic mass is 15.2. The minimum absolute atomic E-state index is 0.118. The van der Waals surface area contributed by atoms with Crippen LogP contribution in [0.4, 0.5) is 11.4 Å². The lowest BCUT2D eigenvalue weighted by atomic mass is 9.84. The molecule has 1 aliphatic heterocycles. The summed E-state index contributed by atoms with van der Waals surface area (Å²) in [4.78, 5) is 7.37. The molecule has 2 unspecified atom stereocenters. The molecular weight excluding hydrogens is 548 g/mol. The Kier molecular flexibility index (Phi) is 5.08. The van der Waals surface area contributed by atoms with E-state index in [0.29, 0.717) is 0 Å². The number of hydrogen-bond acceptors (Lipinski definition) is 2. The van der Waals surface area contributed by atoms with Crippen molar-refractivity contribution in [1.82, 2.24) is 14.1 Å². The Labute approximate surface area is 260 Å². The van der Waals surface area contributed by atoms with Crippen LogP contribution in [0.1, 0.15) is 22.7 Å². The number of hydrogen-bond donors (Lipinski definition) is 0. The maximum Gasteiger partial charge on any atom is 0.137 e. The van der Waals surface area contributed by atoms with Gasteiger partial charge in [-0.1, -0.05) is 91.0 Å². The summed E-state index contributed by atoms with van der Waals surface area (Å²) in [6, 6.07) is 50.4. The number of nitrogens with zero attached hydrogens (tertiary/aromatic N) is 4. The first-order valence-electron chi connectivity index (χ1n) is 15.6. The fourth-order valence-corrected chi connectivity index (χ4v) is 7.93. The molecule has 2 aliphatic rings. The molecule has 0 radical (unpaired) electrons. The van der Waals surface area contributed by atoms with Gasteiger partial charge in [0.1, 0.15) is 5.82 Å². The molecule has 0 saturated carbocycles. The van der Waals surface area contributed by atoms with Crippen molar-refractivity contribution in [2.45, 2.75) is 12.0 Å². The van der Waals surface area contributed by atoms with Crippen molar-refractivity contribution in [1.29, 1.82) is 0 Å². The molecule has 4 heterocycles. The third-order valence-electron chi connectivity index (χ3n) is 9.69. The maximum atomic E-state index is 4.81. The number of para-hydroxylation sites is 4. The molecule has 212 valence electrons. The molecule has 2 atom stereocenters. The van der Waals surface area contributed by atoms with Gasteiger partial charge in [-0.05, 0) is 66.2 Å². The molecule has 1 aliphatic carbocycles. The van der Waals surface area contributed by atoms with E-state index in [9.17, 15) is 0 Å². The molecule has 0 saturated heterocycles. The van der Waals surface area contributed by atoms with E-state index in [2.05, 4.69) is 160 Å². The summed E-state index contributed by atoms with van der Waals surface area (Å²) in [5.74, 6) is 1.05. The van der Waals surface area contributed by atoms with E-state index in [1.54, 1.807) is 0 Å². The minimum Gasteiger partial charge on any atom is -0.333 e. The second-order valence-corrected chi connectivity index (χ2v) is 12.0. The molecule has 4 nitrogen and oxygen atoms in total. The second-order valence-electron chi connectivity index (χ2n) is 12.0. The smallest absolute Gasteiger partial charge is 0.137 e. The predicted molar refractivity (Wildman–Crippen MR) is 185 cm³/mol. The van der Waals surface area contributed by atoms with Gasteiger partial charge in [0.15, 0.2) is 0 Å². The van der Waals surface area contributed by atoms with Gasteiger partial charge in [0.25, 0.3) is 0 Å². The third-order valence-corrected chi connectivity index (χ3v) is 9.69. The van der Waals surface area contributed by atoms with Crippen LogP contribution in [-0.2, 0) is 0 Å². The summed E-state index contributed by atoms with van der Waals surface area (Å²) < 4.78 is 4.83. The van der Waals surface area contributed by atoms with Crippen molar-refractivity contribution < 1.29 is 0 Å². The summed E-state index contributed by atoms with van der Waals surface area (Å²) >= 11 is 0. The first kappa shape index (κ1) is 24.6. The Morgan fingerprint density at radius 1 is 0.533 bits per heavy atom. The van der Waals surface area contributed by atoms with Crippen molar-refractivity contribution in [3.8, 4) is 11.5 Å². The van der Waals surface area contributed by atoms with Crippen molar-refractivity contribution in [2.24, 2.45) is 0 Å². The monoisotopic (exact) mass is 576 g/mol. The van der Waals surface area contributed by atoms with Gasteiger partial charge in [-0.15, -0.1) is 0 Å². The van der Waals surface area contributed by atoms with E-state index in [-0.39, 0.29) is 12.0 Å². The van der Waals surface area contributed by atoms with Crippen LogP contribution in [0.15, 0.2) is 152 Å². The van der Waals surface area contributed by atoms with Gasteiger partial charge in [0.05, 0.1) is 28.5 Å². The second kappa shape index (κ2) is 9.31. The zero-order valence-corrected chi connectivity index (χ0v) is 24.5. The number of rotatable bonds is 3. The van der Waals surface area contributed by atoms with Gasteiger partial charge in [-0.3, -0.25) is 4.57 Å². The fourth-order valence-electron chi connectivity index (χ4n) is 7.93.